The number of allylic oxidation sites excluding steroid dienone is 1. The van der Waals surface area contributed by atoms with E-state index >= 15 is 0 Å². The number of rotatable bonds is 3. The molecule has 1 aliphatic rings. The van der Waals surface area contributed by atoms with Crippen molar-refractivity contribution in [2.75, 3.05) is 12.4 Å². The van der Waals surface area contributed by atoms with Gasteiger partial charge in [0.25, 0.3) is 0 Å². The molecule has 0 atom stereocenters. The summed E-state index contributed by atoms with van der Waals surface area (Å²) in [5, 5.41) is 12.2. The van der Waals surface area contributed by atoms with Crippen LogP contribution >= 0.6 is 0 Å². The van der Waals surface area contributed by atoms with Gasteiger partial charge in [-0.3, -0.25) is 0 Å². The number of nitrogens with one attached hydrogen (secondary N) is 1. The summed E-state index contributed by atoms with van der Waals surface area (Å²) in [7, 11) is 1.60. The summed E-state index contributed by atoms with van der Waals surface area (Å²) in [6.07, 6.45) is 1.53. The summed E-state index contributed by atoms with van der Waals surface area (Å²) in [4.78, 5) is 16.0. The number of nitrogens with zero attached hydrogens (tertiary/aromatic N) is 1. The summed E-state index contributed by atoms with van der Waals surface area (Å²) in [6, 6.07) is 14.7. The van der Waals surface area contributed by atoms with Crippen LogP contribution in [0, 0.1) is 0 Å². The Balaban J connectivity index is 2.11. The highest BCUT2D eigenvalue weighted by Crippen LogP contribution is 2.29. The van der Waals surface area contributed by atoms with Crippen molar-refractivity contribution < 1.29 is 14.6 Å². The average Bonchev–Trinajstić information content (AvgIpc) is 2.74. The Bertz CT molecular complexity index is 777. The van der Waals surface area contributed by atoms with E-state index in [9.17, 15) is 9.90 Å². The van der Waals surface area contributed by atoms with Gasteiger partial charge in [0.15, 0.2) is 0 Å². The SMILES string of the molecule is COc1ccc(C2=Nc3ccccc3NC(C(=O)O)=C2)cc1. The van der Waals surface area contributed by atoms with Crippen LogP contribution in [0.4, 0.5) is 11.4 Å². The van der Waals surface area contributed by atoms with Gasteiger partial charge in [-0.2, -0.15) is 0 Å². The first kappa shape index (κ1) is 13.9. The molecule has 0 bridgehead atoms. The molecule has 0 fully saturated rings. The Kier molecular flexibility index (Phi) is 3.62. The van der Waals surface area contributed by atoms with Crippen LogP contribution in [0.2, 0.25) is 0 Å². The van der Waals surface area contributed by atoms with E-state index in [1.54, 1.807) is 13.2 Å². The van der Waals surface area contributed by atoms with Crippen LogP contribution in [0.1, 0.15) is 5.56 Å². The Hall–Kier alpha value is -3.08. The number of anilines is 1. The van der Waals surface area contributed by atoms with Gasteiger partial charge in [0.05, 0.1) is 24.2 Å². The third kappa shape index (κ3) is 2.69. The van der Waals surface area contributed by atoms with Crippen LogP contribution in [-0.4, -0.2) is 23.9 Å². The average molecular weight is 294 g/mol. The molecule has 0 aliphatic carbocycles. The first-order valence-electron chi connectivity index (χ1n) is 6.71. The maximum absolute atomic E-state index is 11.4. The van der Waals surface area contributed by atoms with E-state index in [2.05, 4.69) is 10.3 Å². The molecule has 5 heteroatoms. The normalized spacial score (nSPS) is 13.1. The molecule has 0 saturated heterocycles. The van der Waals surface area contributed by atoms with E-state index in [-0.39, 0.29) is 5.70 Å². The second-order valence-corrected chi connectivity index (χ2v) is 4.73. The third-order valence-electron chi connectivity index (χ3n) is 3.31. The number of aliphatic carboxylic acids is 1. The second-order valence-electron chi connectivity index (χ2n) is 4.73. The summed E-state index contributed by atoms with van der Waals surface area (Å²) >= 11 is 0. The minimum absolute atomic E-state index is 0.0829. The number of carboxylic acid groups (broad SMARTS) is 1. The van der Waals surface area contributed by atoms with Gasteiger partial charge in [0, 0.05) is 5.56 Å². The number of hydrogen-bond donors (Lipinski definition) is 2. The van der Waals surface area contributed by atoms with Crippen molar-refractivity contribution in [3.05, 3.63) is 65.9 Å². The number of benzene rings is 2. The fraction of sp³-hybridized carbons (Fsp3) is 0.0588. The quantitative estimate of drug-likeness (QED) is 0.912. The Morgan fingerprint density at radius 3 is 2.55 bits per heavy atom. The molecule has 5 nitrogen and oxygen atoms in total. The smallest absolute Gasteiger partial charge is 0.352 e. The van der Waals surface area contributed by atoms with Crippen LogP contribution in [-0.2, 0) is 4.79 Å². The highest BCUT2D eigenvalue weighted by atomic mass is 16.5. The molecule has 2 aromatic rings. The van der Waals surface area contributed by atoms with E-state index in [1.807, 2.05) is 42.5 Å². The largest absolute Gasteiger partial charge is 0.497 e. The van der Waals surface area contributed by atoms with Gasteiger partial charge >= 0.3 is 5.97 Å². The molecule has 110 valence electrons. The second kappa shape index (κ2) is 5.73. The van der Waals surface area contributed by atoms with Crippen molar-refractivity contribution in [1.29, 1.82) is 0 Å². The number of carboxylic acids is 1. The number of hydrogen-bond acceptors (Lipinski definition) is 4. The van der Waals surface area contributed by atoms with Crippen LogP contribution in [0.5, 0.6) is 5.75 Å². The van der Waals surface area contributed by atoms with Gasteiger partial charge in [-0.15, -0.1) is 0 Å². The maximum Gasteiger partial charge on any atom is 0.352 e. The molecule has 3 rings (SSSR count). The molecule has 1 aliphatic heterocycles. The lowest BCUT2D eigenvalue weighted by molar-refractivity contribution is -0.132. The molecule has 0 aromatic heterocycles. The van der Waals surface area contributed by atoms with Crippen molar-refractivity contribution in [3.8, 4) is 5.75 Å². The fourth-order valence-electron chi connectivity index (χ4n) is 2.18. The number of aliphatic imine (C=N–C) groups is 1. The Labute approximate surface area is 127 Å². The lowest BCUT2D eigenvalue weighted by Crippen LogP contribution is -2.11. The molecule has 1 heterocycles. The minimum Gasteiger partial charge on any atom is -0.497 e. The van der Waals surface area contributed by atoms with Gasteiger partial charge in [0.1, 0.15) is 11.4 Å². The van der Waals surface area contributed by atoms with E-state index in [1.165, 1.54) is 6.08 Å². The Morgan fingerprint density at radius 2 is 1.86 bits per heavy atom. The number of ether oxygens (including phenoxy) is 1. The van der Waals surface area contributed by atoms with Gasteiger partial charge in [-0.1, -0.05) is 12.1 Å². The van der Waals surface area contributed by atoms with Crippen molar-refractivity contribution in [3.63, 3.8) is 0 Å². The number of para-hydroxylation sites is 2. The fourth-order valence-corrected chi connectivity index (χ4v) is 2.18. The number of methoxy groups -OCH3 is 1. The van der Waals surface area contributed by atoms with E-state index in [0.717, 1.165) is 11.3 Å². The molecule has 22 heavy (non-hydrogen) atoms. The molecule has 0 amide bonds. The highest BCUT2D eigenvalue weighted by molar-refractivity contribution is 6.15. The molecule has 0 unspecified atom stereocenters. The van der Waals surface area contributed by atoms with Crippen molar-refractivity contribution in [1.82, 2.24) is 0 Å². The molecule has 2 aromatic carbocycles. The van der Waals surface area contributed by atoms with Crippen molar-refractivity contribution >= 4 is 23.1 Å². The van der Waals surface area contributed by atoms with Crippen LogP contribution in [0.15, 0.2) is 65.3 Å². The van der Waals surface area contributed by atoms with Gasteiger partial charge in [0.2, 0.25) is 0 Å². The molecular weight excluding hydrogens is 280 g/mol. The lowest BCUT2D eigenvalue weighted by atomic mass is 10.1. The van der Waals surface area contributed by atoms with E-state index < -0.39 is 5.97 Å². The number of carbonyl (C=O) groups is 1. The van der Waals surface area contributed by atoms with Crippen LogP contribution < -0.4 is 10.1 Å². The monoisotopic (exact) mass is 294 g/mol. The maximum atomic E-state index is 11.4. The zero-order valence-corrected chi connectivity index (χ0v) is 11.9. The predicted octanol–water partition coefficient (Wildman–Crippen LogP) is 3.21. The van der Waals surface area contributed by atoms with Gasteiger partial charge in [-0.25, -0.2) is 9.79 Å². The summed E-state index contributed by atoms with van der Waals surface area (Å²) in [6.45, 7) is 0. The molecule has 0 saturated carbocycles. The summed E-state index contributed by atoms with van der Waals surface area (Å²) < 4.78 is 5.14. The van der Waals surface area contributed by atoms with E-state index in [0.29, 0.717) is 17.1 Å². The first-order chi connectivity index (χ1) is 10.7. The van der Waals surface area contributed by atoms with Crippen LogP contribution in [0.25, 0.3) is 0 Å². The van der Waals surface area contributed by atoms with Crippen molar-refractivity contribution in [2.24, 2.45) is 4.99 Å². The summed E-state index contributed by atoms with van der Waals surface area (Å²) in [5.74, 6) is -0.295. The zero-order valence-electron chi connectivity index (χ0n) is 11.9. The minimum atomic E-state index is -1.03. The molecule has 0 spiro atoms. The van der Waals surface area contributed by atoms with Crippen LogP contribution in [0.3, 0.4) is 0 Å². The standard InChI is InChI=1S/C17H14N2O3/c1-22-12-8-6-11(7-9-12)15-10-16(17(20)21)19-14-5-3-2-4-13(14)18-15/h2-10,19H,1H3,(H,20,21). The summed E-state index contributed by atoms with van der Waals surface area (Å²) in [5.41, 5.74) is 2.84. The predicted molar refractivity (Wildman–Crippen MR) is 85.0 cm³/mol. The topological polar surface area (TPSA) is 70.9 Å². The lowest BCUT2D eigenvalue weighted by Gasteiger charge is -2.06. The first-order valence-corrected chi connectivity index (χ1v) is 6.71. The number of fused-ring (bicyclic) bond motifs is 1. The third-order valence-corrected chi connectivity index (χ3v) is 3.31. The molecule has 2 N–H and O–H groups in total. The Morgan fingerprint density at radius 1 is 1.14 bits per heavy atom. The van der Waals surface area contributed by atoms with Gasteiger partial charge < -0.3 is 15.2 Å². The molecule has 0 radical (unpaired) electrons. The molecular formula is C17H14N2O3. The van der Waals surface area contributed by atoms with Crippen molar-refractivity contribution in [2.45, 2.75) is 0 Å². The van der Waals surface area contributed by atoms with Gasteiger partial charge in [-0.05, 0) is 42.5 Å². The highest BCUT2D eigenvalue weighted by Gasteiger charge is 2.16. The zero-order chi connectivity index (χ0) is 15.5. The van der Waals surface area contributed by atoms with E-state index in [4.69, 9.17) is 4.74 Å².